The van der Waals surface area contributed by atoms with Crippen LogP contribution in [0.3, 0.4) is 0 Å². The number of nitrogens with zero attached hydrogens (tertiary/aromatic N) is 5. The fraction of sp³-hybridized carbons (Fsp3) is 0.464. The van der Waals surface area contributed by atoms with E-state index >= 15 is 0 Å². The van der Waals surface area contributed by atoms with Gasteiger partial charge in [0.05, 0.1) is 31.4 Å². The molecule has 0 aliphatic rings. The van der Waals surface area contributed by atoms with Gasteiger partial charge >= 0.3 is 5.69 Å². The number of carbonyl (C=O) groups excluding carboxylic acids is 1. The zero-order chi connectivity index (χ0) is 30.6. The van der Waals surface area contributed by atoms with Crippen molar-refractivity contribution in [1.82, 2.24) is 29.4 Å². The van der Waals surface area contributed by atoms with Gasteiger partial charge in [0.1, 0.15) is 33.5 Å². The number of amides is 1. The van der Waals surface area contributed by atoms with Gasteiger partial charge in [-0.05, 0) is 52.3 Å². The zero-order valence-corrected chi connectivity index (χ0v) is 25.2. The number of nitrogens with one attached hydrogen (secondary N) is 1. The lowest BCUT2D eigenvalue weighted by atomic mass is 10.1. The van der Waals surface area contributed by atoms with Crippen LogP contribution in [0, 0.1) is 12.7 Å². The fourth-order valence-corrected chi connectivity index (χ4v) is 5.90. The number of rotatable bonds is 13. The van der Waals surface area contributed by atoms with E-state index in [1.807, 2.05) is 0 Å². The highest BCUT2D eigenvalue weighted by molar-refractivity contribution is 7.21. The lowest BCUT2D eigenvalue weighted by Gasteiger charge is -2.23. The van der Waals surface area contributed by atoms with Crippen molar-refractivity contribution in [1.29, 1.82) is 0 Å². The van der Waals surface area contributed by atoms with Gasteiger partial charge < -0.3 is 19.5 Å². The molecule has 3 aromatic heterocycles. The van der Waals surface area contributed by atoms with Crippen molar-refractivity contribution in [2.45, 2.75) is 58.8 Å². The van der Waals surface area contributed by atoms with Crippen LogP contribution in [0.25, 0.3) is 15.2 Å². The molecule has 14 heteroatoms. The Morgan fingerprint density at radius 2 is 1.83 bits per heavy atom. The molecule has 2 atom stereocenters. The van der Waals surface area contributed by atoms with E-state index in [1.165, 1.54) is 54.0 Å². The Labute approximate surface area is 245 Å². The molecule has 0 saturated heterocycles. The summed E-state index contributed by atoms with van der Waals surface area (Å²) in [4.78, 5) is 42.8. The lowest BCUT2D eigenvalue weighted by Crippen LogP contribution is -2.47. The Morgan fingerprint density at radius 1 is 1.12 bits per heavy atom. The van der Waals surface area contributed by atoms with Crippen LogP contribution in [-0.2, 0) is 20.8 Å². The third-order valence-corrected chi connectivity index (χ3v) is 8.00. The number of fused-ring (bicyclic) bond motifs is 1. The Kier molecular flexibility index (Phi) is 9.91. The van der Waals surface area contributed by atoms with Crippen LogP contribution in [0.1, 0.15) is 50.5 Å². The van der Waals surface area contributed by atoms with Crippen LogP contribution >= 0.6 is 11.3 Å². The van der Waals surface area contributed by atoms with Crippen molar-refractivity contribution in [2.24, 2.45) is 0 Å². The Morgan fingerprint density at radius 3 is 2.48 bits per heavy atom. The SMILES string of the molecule is COCCCOC(Cn1c(=O)n(C(C)C(=O)NC(C)C)c(=O)c2c(C)c(-n3nccn3)sc21)c1cc(F)ccc1OC. The summed E-state index contributed by atoms with van der Waals surface area (Å²) < 4.78 is 33.7. The summed E-state index contributed by atoms with van der Waals surface area (Å²) in [6, 6.07) is 2.75. The summed E-state index contributed by atoms with van der Waals surface area (Å²) in [6.07, 6.45) is 2.71. The molecule has 1 aromatic carbocycles. The summed E-state index contributed by atoms with van der Waals surface area (Å²) in [6.45, 7) is 7.41. The Hall–Kier alpha value is -3.88. The quantitative estimate of drug-likeness (QED) is 0.231. The van der Waals surface area contributed by atoms with Crippen LogP contribution in [-0.4, -0.2) is 63.5 Å². The van der Waals surface area contributed by atoms with Gasteiger partial charge in [-0.2, -0.15) is 10.2 Å². The molecule has 0 fully saturated rings. The third-order valence-electron chi connectivity index (χ3n) is 6.71. The zero-order valence-electron chi connectivity index (χ0n) is 24.4. The van der Waals surface area contributed by atoms with Crippen LogP contribution in [0.5, 0.6) is 5.75 Å². The van der Waals surface area contributed by atoms with E-state index in [9.17, 15) is 18.8 Å². The van der Waals surface area contributed by atoms with Crippen molar-refractivity contribution in [3.63, 3.8) is 0 Å². The van der Waals surface area contributed by atoms with Crippen LogP contribution in [0.4, 0.5) is 4.39 Å². The Bertz CT molecular complexity index is 1660. The summed E-state index contributed by atoms with van der Waals surface area (Å²) in [5.74, 6) is -0.605. The molecular formula is C28H35FN6O6S. The van der Waals surface area contributed by atoms with Gasteiger partial charge in [0.15, 0.2) is 0 Å². The second-order valence-electron chi connectivity index (χ2n) is 10.0. The number of benzene rings is 1. The highest BCUT2D eigenvalue weighted by Gasteiger charge is 2.29. The van der Waals surface area contributed by atoms with Gasteiger partial charge in [-0.25, -0.2) is 13.8 Å². The van der Waals surface area contributed by atoms with Gasteiger partial charge in [-0.3, -0.25) is 14.2 Å². The van der Waals surface area contributed by atoms with E-state index in [0.29, 0.717) is 39.7 Å². The smallest absolute Gasteiger partial charge is 0.332 e. The lowest BCUT2D eigenvalue weighted by molar-refractivity contribution is -0.124. The van der Waals surface area contributed by atoms with Crippen molar-refractivity contribution in [3.05, 3.63) is 68.4 Å². The summed E-state index contributed by atoms with van der Waals surface area (Å²) in [5, 5.41) is 12.0. The minimum Gasteiger partial charge on any atom is -0.496 e. The largest absolute Gasteiger partial charge is 0.496 e. The standard InChI is InChI=1S/C28H35FN6O6S/c1-16(2)32-24(36)18(4)34-25(37)23-17(3)26(35-30-10-11-31-35)42-27(23)33(28(34)38)15-22(41-13-7-12-39-5)20-14-19(29)8-9-21(20)40-6/h8-11,14,16,18,22H,7,12-13,15H2,1-6H3,(H,32,36). The van der Waals surface area contributed by atoms with Gasteiger partial charge in [-0.1, -0.05) is 11.3 Å². The van der Waals surface area contributed by atoms with Crippen LogP contribution in [0.15, 0.2) is 40.2 Å². The summed E-state index contributed by atoms with van der Waals surface area (Å²) in [7, 11) is 3.04. The maximum atomic E-state index is 14.5. The molecule has 0 radical (unpaired) electrons. The summed E-state index contributed by atoms with van der Waals surface area (Å²) in [5.41, 5.74) is -0.372. The third kappa shape index (κ3) is 6.30. The number of aromatic nitrogens is 5. The van der Waals surface area contributed by atoms with E-state index in [0.717, 1.165) is 15.9 Å². The van der Waals surface area contributed by atoms with E-state index in [2.05, 4.69) is 15.5 Å². The van der Waals surface area contributed by atoms with Crippen molar-refractivity contribution >= 4 is 27.5 Å². The number of thiophene rings is 1. The van der Waals surface area contributed by atoms with E-state index in [-0.39, 0.29) is 24.6 Å². The topological polar surface area (TPSA) is 132 Å². The minimum absolute atomic E-state index is 0.104. The number of hydrogen-bond acceptors (Lipinski definition) is 9. The molecule has 4 rings (SSSR count). The first-order valence-electron chi connectivity index (χ1n) is 13.5. The van der Waals surface area contributed by atoms with Crippen molar-refractivity contribution < 1.29 is 23.4 Å². The molecule has 2 unspecified atom stereocenters. The Balaban J connectivity index is 1.96. The first-order chi connectivity index (χ1) is 20.1. The highest BCUT2D eigenvalue weighted by atomic mass is 32.1. The molecule has 0 aliphatic carbocycles. The molecule has 0 bridgehead atoms. The second-order valence-corrected chi connectivity index (χ2v) is 11.0. The maximum absolute atomic E-state index is 14.5. The number of aryl methyl sites for hydroxylation is 1. The summed E-state index contributed by atoms with van der Waals surface area (Å²) >= 11 is 1.16. The molecule has 12 nitrogen and oxygen atoms in total. The van der Waals surface area contributed by atoms with E-state index in [1.54, 1.807) is 27.9 Å². The predicted octanol–water partition coefficient (Wildman–Crippen LogP) is 3.14. The number of ether oxygens (including phenoxy) is 3. The molecule has 1 N–H and O–H groups in total. The van der Waals surface area contributed by atoms with Gasteiger partial charge in [0.2, 0.25) is 5.91 Å². The maximum Gasteiger partial charge on any atom is 0.332 e. The monoisotopic (exact) mass is 602 g/mol. The molecule has 0 aliphatic heterocycles. The fourth-order valence-electron chi connectivity index (χ4n) is 4.68. The average molecular weight is 603 g/mol. The van der Waals surface area contributed by atoms with E-state index < -0.39 is 35.1 Å². The van der Waals surface area contributed by atoms with Gasteiger partial charge in [0.25, 0.3) is 5.56 Å². The predicted molar refractivity (Wildman–Crippen MR) is 156 cm³/mol. The molecule has 226 valence electrons. The number of carbonyl (C=O) groups is 1. The highest BCUT2D eigenvalue weighted by Crippen LogP contribution is 2.34. The molecule has 0 spiro atoms. The number of methoxy groups -OCH3 is 2. The molecule has 42 heavy (non-hydrogen) atoms. The first kappa shape index (κ1) is 31.1. The molecule has 4 aromatic rings. The number of hydrogen-bond donors (Lipinski definition) is 1. The average Bonchev–Trinajstić information content (AvgIpc) is 3.60. The van der Waals surface area contributed by atoms with Crippen molar-refractivity contribution in [3.8, 4) is 10.8 Å². The van der Waals surface area contributed by atoms with Crippen LogP contribution < -0.4 is 21.3 Å². The van der Waals surface area contributed by atoms with Crippen LogP contribution in [0.2, 0.25) is 0 Å². The van der Waals surface area contributed by atoms with Gasteiger partial charge in [0, 0.05) is 37.5 Å². The number of halogens is 1. The molecule has 0 saturated carbocycles. The van der Waals surface area contributed by atoms with Gasteiger partial charge in [-0.15, -0.1) is 4.80 Å². The van der Waals surface area contributed by atoms with Crippen molar-refractivity contribution in [2.75, 3.05) is 27.4 Å². The first-order valence-corrected chi connectivity index (χ1v) is 14.3. The normalized spacial score (nSPS) is 13.0. The molecule has 3 heterocycles. The second kappa shape index (κ2) is 13.4. The molecule has 1 amide bonds. The minimum atomic E-state index is -1.11. The van der Waals surface area contributed by atoms with E-state index in [4.69, 9.17) is 14.2 Å². The molecular weight excluding hydrogens is 567 g/mol.